The molecule has 1 aliphatic rings. The fraction of sp³-hybridized carbons (Fsp3) is 0.208. The van der Waals surface area contributed by atoms with E-state index in [1.54, 1.807) is 44.2 Å². The Kier molecular flexibility index (Phi) is 5.64. The summed E-state index contributed by atoms with van der Waals surface area (Å²) in [6, 6.07) is 12.0. The molecule has 0 N–H and O–H groups in total. The zero-order valence-corrected chi connectivity index (χ0v) is 18.4. The SMILES string of the molecule is COc1ccc(C2=NOC(C)(C)C2=O)cc1-c1ccc(C(=O)Cc2c(F)cccc2F)s1. The van der Waals surface area contributed by atoms with Crippen molar-refractivity contribution < 1.29 is 27.9 Å². The maximum absolute atomic E-state index is 13.9. The number of carbonyl (C=O) groups excluding carboxylic acids is 2. The van der Waals surface area contributed by atoms with Gasteiger partial charge in [0.15, 0.2) is 17.1 Å². The van der Waals surface area contributed by atoms with E-state index in [0.717, 1.165) is 12.1 Å². The first kappa shape index (κ1) is 21.8. The minimum atomic E-state index is -1.03. The lowest BCUT2D eigenvalue weighted by Crippen LogP contribution is -2.33. The van der Waals surface area contributed by atoms with Gasteiger partial charge in [0.25, 0.3) is 0 Å². The largest absolute Gasteiger partial charge is 0.496 e. The van der Waals surface area contributed by atoms with Crippen molar-refractivity contribution in [2.45, 2.75) is 25.9 Å². The van der Waals surface area contributed by atoms with Gasteiger partial charge in [-0.25, -0.2) is 8.78 Å². The van der Waals surface area contributed by atoms with Crippen LogP contribution in [0.5, 0.6) is 5.75 Å². The maximum Gasteiger partial charge on any atom is 0.230 e. The molecule has 0 radical (unpaired) electrons. The van der Waals surface area contributed by atoms with Crippen molar-refractivity contribution in [2.24, 2.45) is 5.16 Å². The number of benzene rings is 2. The maximum atomic E-state index is 13.9. The molecule has 0 atom stereocenters. The van der Waals surface area contributed by atoms with Gasteiger partial charge in [0.05, 0.1) is 12.0 Å². The van der Waals surface area contributed by atoms with Gasteiger partial charge in [-0.3, -0.25) is 9.59 Å². The van der Waals surface area contributed by atoms with E-state index < -0.39 is 23.0 Å². The van der Waals surface area contributed by atoms with Crippen molar-refractivity contribution in [2.75, 3.05) is 7.11 Å². The van der Waals surface area contributed by atoms with Gasteiger partial charge in [-0.1, -0.05) is 11.2 Å². The number of ketones is 2. The third-order valence-electron chi connectivity index (χ3n) is 5.15. The van der Waals surface area contributed by atoms with Crippen LogP contribution in [0.3, 0.4) is 0 Å². The number of methoxy groups -OCH3 is 1. The van der Waals surface area contributed by atoms with E-state index in [2.05, 4.69) is 5.16 Å². The molecule has 0 saturated carbocycles. The summed E-state index contributed by atoms with van der Waals surface area (Å²) in [5, 5.41) is 3.93. The molecule has 5 nitrogen and oxygen atoms in total. The molecule has 1 aromatic heterocycles. The summed E-state index contributed by atoms with van der Waals surface area (Å²) in [4.78, 5) is 31.5. The van der Waals surface area contributed by atoms with E-state index in [9.17, 15) is 18.4 Å². The van der Waals surface area contributed by atoms with Crippen LogP contribution in [0.25, 0.3) is 10.4 Å². The molecular formula is C24H19F2NO4S. The lowest BCUT2D eigenvalue weighted by atomic mass is 9.95. The summed E-state index contributed by atoms with van der Waals surface area (Å²) in [7, 11) is 1.52. The Balaban J connectivity index is 1.65. The average Bonchev–Trinajstić information content (AvgIpc) is 3.36. The highest BCUT2D eigenvalue weighted by molar-refractivity contribution is 7.17. The zero-order valence-electron chi connectivity index (χ0n) is 17.6. The van der Waals surface area contributed by atoms with Crippen LogP contribution in [0.15, 0.2) is 53.7 Å². The van der Waals surface area contributed by atoms with Crippen LogP contribution in [0.2, 0.25) is 0 Å². The highest BCUT2D eigenvalue weighted by Crippen LogP contribution is 2.37. The summed E-state index contributed by atoms with van der Waals surface area (Å²) >= 11 is 1.18. The highest BCUT2D eigenvalue weighted by Gasteiger charge is 2.40. The summed E-state index contributed by atoms with van der Waals surface area (Å²) in [5.74, 6) is -1.59. The lowest BCUT2D eigenvalue weighted by Gasteiger charge is -2.12. The molecule has 0 aliphatic carbocycles. The molecule has 0 amide bonds. The van der Waals surface area contributed by atoms with Crippen molar-refractivity contribution >= 4 is 28.6 Å². The number of halogens is 2. The van der Waals surface area contributed by atoms with Crippen LogP contribution in [0, 0.1) is 11.6 Å². The van der Waals surface area contributed by atoms with Crippen molar-refractivity contribution in [1.29, 1.82) is 0 Å². The van der Waals surface area contributed by atoms with E-state index in [-0.39, 0.29) is 23.5 Å². The Morgan fingerprint density at radius 2 is 1.84 bits per heavy atom. The number of oxime groups is 1. The normalized spacial score (nSPS) is 14.8. The molecule has 0 bridgehead atoms. The van der Waals surface area contributed by atoms with E-state index in [1.165, 1.54) is 24.5 Å². The topological polar surface area (TPSA) is 65.0 Å². The molecule has 2 aromatic carbocycles. The first-order valence-electron chi connectivity index (χ1n) is 9.77. The van der Waals surface area contributed by atoms with Crippen LogP contribution in [0.1, 0.15) is 34.6 Å². The van der Waals surface area contributed by atoms with Crippen LogP contribution in [0.4, 0.5) is 8.78 Å². The molecule has 0 fully saturated rings. The van der Waals surface area contributed by atoms with Gasteiger partial charge in [-0.05, 0) is 56.3 Å². The van der Waals surface area contributed by atoms with Gasteiger partial charge in [0, 0.05) is 28.0 Å². The van der Waals surface area contributed by atoms with Gasteiger partial charge in [-0.2, -0.15) is 0 Å². The van der Waals surface area contributed by atoms with Crippen LogP contribution < -0.4 is 4.74 Å². The van der Waals surface area contributed by atoms with E-state index >= 15 is 0 Å². The Hall–Kier alpha value is -3.39. The zero-order chi connectivity index (χ0) is 23.0. The Labute approximate surface area is 187 Å². The Morgan fingerprint density at radius 3 is 2.47 bits per heavy atom. The van der Waals surface area contributed by atoms with Crippen molar-refractivity contribution in [3.8, 4) is 16.2 Å². The molecule has 0 spiro atoms. The van der Waals surface area contributed by atoms with E-state index in [1.807, 2.05) is 0 Å². The molecule has 1 aliphatic heterocycles. The van der Waals surface area contributed by atoms with Gasteiger partial charge in [0.1, 0.15) is 17.4 Å². The smallest absolute Gasteiger partial charge is 0.230 e. The summed E-state index contributed by atoms with van der Waals surface area (Å²) in [5.41, 5.74) is 0.145. The summed E-state index contributed by atoms with van der Waals surface area (Å²) in [6.07, 6.45) is -0.382. The fourth-order valence-electron chi connectivity index (χ4n) is 3.34. The number of hydrogen-bond donors (Lipinski definition) is 0. The quantitative estimate of drug-likeness (QED) is 0.479. The predicted molar refractivity (Wildman–Crippen MR) is 117 cm³/mol. The second kappa shape index (κ2) is 8.27. The predicted octanol–water partition coefficient (Wildman–Crippen LogP) is 5.21. The number of ether oxygens (including phenoxy) is 1. The van der Waals surface area contributed by atoms with Crippen molar-refractivity contribution in [3.05, 3.63) is 76.2 Å². The average molecular weight is 455 g/mol. The van der Waals surface area contributed by atoms with E-state index in [4.69, 9.17) is 9.57 Å². The summed E-state index contributed by atoms with van der Waals surface area (Å²) in [6.45, 7) is 3.29. The van der Waals surface area contributed by atoms with Crippen LogP contribution in [-0.2, 0) is 16.1 Å². The van der Waals surface area contributed by atoms with Gasteiger partial charge < -0.3 is 9.57 Å². The van der Waals surface area contributed by atoms with Gasteiger partial charge in [-0.15, -0.1) is 11.3 Å². The van der Waals surface area contributed by atoms with Crippen molar-refractivity contribution in [1.82, 2.24) is 0 Å². The molecule has 4 rings (SSSR count). The number of carbonyl (C=O) groups is 2. The van der Waals surface area contributed by atoms with Gasteiger partial charge in [0.2, 0.25) is 5.78 Å². The molecule has 32 heavy (non-hydrogen) atoms. The molecule has 3 aromatic rings. The molecular weight excluding hydrogens is 436 g/mol. The lowest BCUT2D eigenvalue weighted by molar-refractivity contribution is -0.128. The second-order valence-electron chi connectivity index (χ2n) is 7.75. The standard InChI is InChI=1S/C24H19F2NO4S/c1-24(2)23(29)22(27-31-24)13-7-8-19(30-3)15(11-13)20-9-10-21(32-20)18(28)12-14-16(25)5-4-6-17(14)26/h4-11H,12H2,1-3H3. The molecule has 8 heteroatoms. The molecule has 164 valence electrons. The highest BCUT2D eigenvalue weighted by atomic mass is 32.1. The van der Waals surface area contributed by atoms with Gasteiger partial charge >= 0.3 is 0 Å². The monoisotopic (exact) mass is 455 g/mol. The minimum Gasteiger partial charge on any atom is -0.496 e. The number of rotatable bonds is 6. The van der Waals surface area contributed by atoms with Crippen LogP contribution >= 0.6 is 11.3 Å². The first-order chi connectivity index (χ1) is 15.2. The third kappa shape index (κ3) is 3.93. The summed E-state index contributed by atoms with van der Waals surface area (Å²) < 4.78 is 33.3. The molecule has 0 saturated heterocycles. The third-order valence-corrected chi connectivity index (χ3v) is 6.30. The Morgan fingerprint density at radius 1 is 1.12 bits per heavy atom. The minimum absolute atomic E-state index is 0.210. The number of Topliss-reactive ketones (excluding diaryl/α,β-unsaturated/α-hetero) is 2. The first-order valence-corrected chi connectivity index (χ1v) is 10.6. The fourth-order valence-corrected chi connectivity index (χ4v) is 4.31. The number of hydrogen-bond acceptors (Lipinski definition) is 6. The van der Waals surface area contributed by atoms with Crippen molar-refractivity contribution in [3.63, 3.8) is 0 Å². The second-order valence-corrected chi connectivity index (χ2v) is 8.83. The molecule has 0 unspecified atom stereocenters. The Bertz CT molecular complexity index is 1240. The van der Waals surface area contributed by atoms with Crippen LogP contribution in [-0.4, -0.2) is 30.0 Å². The van der Waals surface area contributed by atoms with E-state index in [0.29, 0.717) is 26.6 Å². The molecule has 2 heterocycles. The number of thiophene rings is 1. The number of nitrogens with zero attached hydrogens (tertiary/aromatic N) is 1.